The van der Waals surface area contributed by atoms with Crippen molar-refractivity contribution in [2.75, 3.05) is 0 Å². The first-order chi connectivity index (χ1) is 9.02. The molecule has 1 heterocycles. The van der Waals surface area contributed by atoms with Crippen LogP contribution in [-0.4, -0.2) is 9.55 Å². The second kappa shape index (κ2) is 5.88. The van der Waals surface area contributed by atoms with Gasteiger partial charge in [0.1, 0.15) is 5.82 Å². The molecule has 0 amide bonds. The van der Waals surface area contributed by atoms with Gasteiger partial charge in [-0.2, -0.15) is 0 Å². The number of hydrogen-bond donors (Lipinski definition) is 1. The van der Waals surface area contributed by atoms with Crippen molar-refractivity contribution < 1.29 is 0 Å². The maximum atomic E-state index is 6.33. The van der Waals surface area contributed by atoms with Crippen molar-refractivity contribution in [2.45, 2.75) is 39.8 Å². The summed E-state index contributed by atoms with van der Waals surface area (Å²) in [7, 11) is 0. The number of aryl methyl sites for hydroxylation is 3. The summed E-state index contributed by atoms with van der Waals surface area (Å²) in [4.78, 5) is 4.39. The van der Waals surface area contributed by atoms with Crippen molar-refractivity contribution in [3.63, 3.8) is 0 Å². The molecule has 0 radical (unpaired) electrons. The second-order valence-corrected chi connectivity index (χ2v) is 5.70. The molecule has 0 fully saturated rings. The van der Waals surface area contributed by atoms with Crippen molar-refractivity contribution in [1.29, 1.82) is 0 Å². The molecule has 4 heteroatoms. The highest BCUT2D eigenvalue weighted by Crippen LogP contribution is 2.26. The highest BCUT2D eigenvalue weighted by atomic mass is 79.9. The second-order valence-electron chi connectivity index (χ2n) is 4.91. The molecule has 2 rings (SSSR count). The number of halogens is 1. The van der Waals surface area contributed by atoms with E-state index in [-0.39, 0.29) is 6.04 Å². The highest BCUT2D eigenvalue weighted by Gasteiger charge is 2.13. The zero-order chi connectivity index (χ0) is 14.0. The lowest BCUT2D eigenvalue weighted by molar-refractivity contribution is 0.627. The van der Waals surface area contributed by atoms with Crippen molar-refractivity contribution >= 4 is 15.9 Å². The maximum Gasteiger partial charge on any atom is 0.110 e. The summed E-state index contributed by atoms with van der Waals surface area (Å²) in [5.74, 6) is 1.05. The van der Waals surface area contributed by atoms with Gasteiger partial charge in [-0.15, -0.1) is 0 Å². The zero-order valence-corrected chi connectivity index (χ0v) is 13.2. The Balaban J connectivity index is 2.23. The lowest BCUT2D eigenvalue weighted by atomic mass is 9.99. The Labute approximate surface area is 123 Å². The first-order valence-corrected chi connectivity index (χ1v) is 7.34. The predicted octanol–water partition coefficient (Wildman–Crippen LogP) is 3.52. The van der Waals surface area contributed by atoms with E-state index < -0.39 is 0 Å². The average molecular weight is 322 g/mol. The summed E-state index contributed by atoms with van der Waals surface area (Å²) in [5, 5.41) is 0. The molecule has 19 heavy (non-hydrogen) atoms. The van der Waals surface area contributed by atoms with Crippen LogP contribution in [0.25, 0.3) is 0 Å². The van der Waals surface area contributed by atoms with Crippen molar-refractivity contribution in [1.82, 2.24) is 9.55 Å². The average Bonchev–Trinajstić information content (AvgIpc) is 2.82. The molecular formula is C15H20BrN3. The number of aromatic nitrogens is 2. The minimum atomic E-state index is -0.0156. The van der Waals surface area contributed by atoms with Gasteiger partial charge in [0.2, 0.25) is 0 Å². The van der Waals surface area contributed by atoms with E-state index in [0.29, 0.717) is 0 Å². The number of rotatable bonds is 4. The summed E-state index contributed by atoms with van der Waals surface area (Å²) in [6.45, 7) is 7.24. The molecule has 0 aliphatic heterocycles. The third-order valence-corrected chi connectivity index (χ3v) is 4.68. The van der Waals surface area contributed by atoms with Gasteiger partial charge in [0, 0.05) is 35.9 Å². The van der Waals surface area contributed by atoms with Crippen molar-refractivity contribution in [2.24, 2.45) is 5.73 Å². The first-order valence-electron chi connectivity index (χ1n) is 6.55. The van der Waals surface area contributed by atoms with Crippen molar-refractivity contribution in [3.05, 3.63) is 51.5 Å². The number of nitrogens with two attached hydrogens (primary N) is 1. The van der Waals surface area contributed by atoms with Crippen LogP contribution in [0, 0.1) is 13.8 Å². The van der Waals surface area contributed by atoms with Crippen LogP contribution in [0.2, 0.25) is 0 Å². The van der Waals surface area contributed by atoms with Crippen LogP contribution in [0.5, 0.6) is 0 Å². The van der Waals surface area contributed by atoms with Crippen LogP contribution in [0.4, 0.5) is 0 Å². The van der Waals surface area contributed by atoms with Gasteiger partial charge >= 0.3 is 0 Å². The van der Waals surface area contributed by atoms with Gasteiger partial charge in [-0.1, -0.05) is 28.1 Å². The monoisotopic (exact) mass is 321 g/mol. The van der Waals surface area contributed by atoms with Gasteiger partial charge in [0.05, 0.1) is 0 Å². The van der Waals surface area contributed by atoms with Gasteiger partial charge in [-0.05, 0) is 37.5 Å². The molecule has 0 aliphatic carbocycles. The third kappa shape index (κ3) is 3.07. The van der Waals surface area contributed by atoms with Crippen LogP contribution < -0.4 is 5.73 Å². The maximum absolute atomic E-state index is 6.33. The van der Waals surface area contributed by atoms with Gasteiger partial charge in [-0.25, -0.2) is 4.98 Å². The Morgan fingerprint density at radius 1 is 1.32 bits per heavy atom. The van der Waals surface area contributed by atoms with Crippen LogP contribution in [-0.2, 0) is 13.0 Å². The van der Waals surface area contributed by atoms with Gasteiger partial charge < -0.3 is 10.3 Å². The Morgan fingerprint density at radius 3 is 2.53 bits per heavy atom. The minimum absolute atomic E-state index is 0.0156. The number of hydrogen-bond acceptors (Lipinski definition) is 2. The number of imidazole rings is 1. The molecule has 3 nitrogen and oxygen atoms in total. The Morgan fingerprint density at radius 2 is 1.95 bits per heavy atom. The summed E-state index contributed by atoms with van der Waals surface area (Å²) in [6.07, 6.45) is 4.60. The van der Waals surface area contributed by atoms with Crippen LogP contribution in [0.15, 0.2) is 29.0 Å². The lowest BCUT2D eigenvalue weighted by Gasteiger charge is -2.15. The molecule has 1 aromatic carbocycles. The summed E-state index contributed by atoms with van der Waals surface area (Å²) in [6, 6.07) is 4.29. The molecule has 1 aromatic heterocycles. The zero-order valence-electron chi connectivity index (χ0n) is 11.7. The number of benzene rings is 1. The van der Waals surface area contributed by atoms with Gasteiger partial charge in [-0.3, -0.25) is 0 Å². The first kappa shape index (κ1) is 14.3. The molecule has 2 aromatic rings. The lowest BCUT2D eigenvalue weighted by Crippen LogP contribution is -2.16. The molecule has 0 spiro atoms. The largest absolute Gasteiger partial charge is 0.335 e. The van der Waals surface area contributed by atoms with Crippen LogP contribution in [0.1, 0.15) is 35.5 Å². The standard InChI is InChI=1S/C15H20BrN3/c1-4-19-6-5-18-14(19)9-13(17)12-7-10(2)15(16)11(3)8-12/h5-8,13H,4,9,17H2,1-3H3. The van der Waals surface area contributed by atoms with Crippen LogP contribution >= 0.6 is 15.9 Å². The smallest absolute Gasteiger partial charge is 0.110 e. The summed E-state index contributed by atoms with van der Waals surface area (Å²) >= 11 is 3.59. The molecule has 0 aliphatic rings. The molecule has 0 saturated carbocycles. The molecule has 0 saturated heterocycles. The van der Waals surface area contributed by atoms with E-state index in [0.717, 1.165) is 18.8 Å². The molecule has 102 valence electrons. The molecule has 2 N–H and O–H groups in total. The third-order valence-electron chi connectivity index (χ3n) is 3.43. The van der Waals surface area contributed by atoms with Crippen LogP contribution in [0.3, 0.4) is 0 Å². The topological polar surface area (TPSA) is 43.8 Å². The van der Waals surface area contributed by atoms with E-state index >= 15 is 0 Å². The van der Waals surface area contributed by atoms with E-state index in [9.17, 15) is 0 Å². The van der Waals surface area contributed by atoms with Crippen molar-refractivity contribution in [3.8, 4) is 0 Å². The summed E-state index contributed by atoms with van der Waals surface area (Å²) in [5.41, 5.74) is 9.95. The minimum Gasteiger partial charge on any atom is -0.335 e. The molecule has 0 bridgehead atoms. The van der Waals surface area contributed by atoms with E-state index in [2.05, 4.69) is 58.4 Å². The Kier molecular flexibility index (Phi) is 4.42. The quantitative estimate of drug-likeness (QED) is 0.936. The number of nitrogens with zero attached hydrogens (tertiary/aromatic N) is 2. The molecule has 1 unspecified atom stereocenters. The van der Waals surface area contributed by atoms with E-state index in [1.54, 1.807) is 0 Å². The fourth-order valence-corrected chi connectivity index (χ4v) is 2.55. The summed E-state index contributed by atoms with van der Waals surface area (Å²) < 4.78 is 3.30. The predicted molar refractivity (Wildman–Crippen MR) is 82.1 cm³/mol. The molecule has 1 atom stereocenters. The van der Waals surface area contributed by atoms with E-state index in [1.165, 1.54) is 21.2 Å². The Hall–Kier alpha value is -1.13. The van der Waals surface area contributed by atoms with Gasteiger partial charge in [0.15, 0.2) is 0 Å². The SMILES string of the molecule is CCn1ccnc1CC(N)c1cc(C)c(Br)c(C)c1. The Bertz CT molecular complexity index is 552. The van der Waals surface area contributed by atoms with E-state index in [1.807, 2.05) is 12.4 Å². The normalized spacial score (nSPS) is 12.7. The fraction of sp³-hybridized carbons (Fsp3) is 0.400. The molecular weight excluding hydrogens is 302 g/mol. The van der Waals surface area contributed by atoms with Gasteiger partial charge in [0.25, 0.3) is 0 Å². The fourth-order valence-electron chi connectivity index (χ4n) is 2.33. The highest BCUT2D eigenvalue weighted by molar-refractivity contribution is 9.10. The van der Waals surface area contributed by atoms with E-state index in [4.69, 9.17) is 5.73 Å².